The average Bonchev–Trinajstić information content (AvgIpc) is 3.06. The first-order chi connectivity index (χ1) is 11.2. The van der Waals surface area contributed by atoms with Gasteiger partial charge in [0.1, 0.15) is 12.4 Å². The number of halogens is 1. The molecule has 6 heteroatoms. The second-order valence-electron chi connectivity index (χ2n) is 4.89. The predicted molar refractivity (Wildman–Crippen MR) is 85.5 cm³/mol. The maximum absolute atomic E-state index is 12.3. The Hall–Kier alpha value is -2.29. The van der Waals surface area contributed by atoms with Crippen molar-refractivity contribution in [1.82, 2.24) is 4.90 Å². The molecule has 0 aliphatic carbocycles. The summed E-state index contributed by atoms with van der Waals surface area (Å²) in [6, 6.07) is 12.9. The van der Waals surface area contributed by atoms with E-state index in [1.807, 2.05) is 24.3 Å². The summed E-state index contributed by atoms with van der Waals surface area (Å²) < 4.78 is 10.7. The molecule has 2 rings (SSSR count). The van der Waals surface area contributed by atoms with Gasteiger partial charge in [0.25, 0.3) is 0 Å². The molecule has 2 aromatic rings. The lowest BCUT2D eigenvalue weighted by atomic mass is 10.2. The second kappa shape index (κ2) is 8.99. The standard InChI is InChI=1S/C17H17ClN2O3/c18-16-7-2-1-5-14(16)12-22-13-17(21)20(9-4-8-19)11-15-6-3-10-23-15/h1-3,5-7,10H,4,9,11-13H2. The van der Waals surface area contributed by atoms with E-state index in [0.29, 0.717) is 23.9 Å². The van der Waals surface area contributed by atoms with Gasteiger partial charge < -0.3 is 14.1 Å². The van der Waals surface area contributed by atoms with Crippen molar-refractivity contribution in [2.24, 2.45) is 0 Å². The molecular weight excluding hydrogens is 316 g/mol. The third kappa shape index (κ3) is 5.44. The minimum atomic E-state index is -0.191. The van der Waals surface area contributed by atoms with Crippen LogP contribution in [0.15, 0.2) is 47.1 Å². The molecule has 0 saturated heterocycles. The van der Waals surface area contributed by atoms with Crippen molar-refractivity contribution in [3.8, 4) is 6.07 Å². The van der Waals surface area contributed by atoms with Gasteiger partial charge in [0.15, 0.2) is 0 Å². The summed E-state index contributed by atoms with van der Waals surface area (Å²) in [7, 11) is 0. The van der Waals surface area contributed by atoms with Gasteiger partial charge in [-0.25, -0.2) is 0 Å². The Morgan fingerprint density at radius 3 is 2.83 bits per heavy atom. The molecule has 1 heterocycles. The van der Waals surface area contributed by atoms with Crippen LogP contribution in [0.2, 0.25) is 5.02 Å². The normalized spacial score (nSPS) is 10.3. The third-order valence-electron chi connectivity index (χ3n) is 3.21. The SMILES string of the molecule is N#CCCN(Cc1ccco1)C(=O)COCc1ccccc1Cl. The Bertz CT molecular complexity index is 665. The fourth-order valence-electron chi connectivity index (χ4n) is 2.02. The smallest absolute Gasteiger partial charge is 0.249 e. The van der Waals surface area contributed by atoms with Crippen molar-refractivity contribution in [2.45, 2.75) is 19.6 Å². The molecule has 0 spiro atoms. The number of carbonyl (C=O) groups is 1. The first-order valence-electron chi connectivity index (χ1n) is 7.19. The van der Waals surface area contributed by atoms with Crippen LogP contribution < -0.4 is 0 Å². The van der Waals surface area contributed by atoms with E-state index in [1.165, 1.54) is 0 Å². The number of nitriles is 1. The molecule has 0 aliphatic rings. The summed E-state index contributed by atoms with van der Waals surface area (Å²) in [6.45, 7) is 0.851. The van der Waals surface area contributed by atoms with Crippen molar-refractivity contribution < 1.29 is 13.9 Å². The first kappa shape index (κ1) is 17.1. The Kier molecular flexibility index (Phi) is 6.67. The van der Waals surface area contributed by atoms with Gasteiger partial charge in [-0.2, -0.15) is 5.26 Å². The molecule has 5 nitrogen and oxygen atoms in total. The highest BCUT2D eigenvalue weighted by atomic mass is 35.5. The quantitative estimate of drug-likeness (QED) is 0.743. The zero-order valence-electron chi connectivity index (χ0n) is 12.6. The van der Waals surface area contributed by atoms with Gasteiger partial charge in [0, 0.05) is 11.6 Å². The fraction of sp³-hybridized carbons (Fsp3) is 0.294. The number of hydrogen-bond acceptors (Lipinski definition) is 4. The summed E-state index contributed by atoms with van der Waals surface area (Å²) in [5.41, 5.74) is 0.830. The molecule has 0 atom stereocenters. The fourth-order valence-corrected chi connectivity index (χ4v) is 2.21. The number of ether oxygens (including phenoxy) is 1. The van der Waals surface area contributed by atoms with E-state index >= 15 is 0 Å². The number of furan rings is 1. The summed E-state index contributed by atoms with van der Waals surface area (Å²) in [5, 5.41) is 9.33. The monoisotopic (exact) mass is 332 g/mol. The van der Waals surface area contributed by atoms with Crippen LogP contribution in [0.1, 0.15) is 17.7 Å². The van der Waals surface area contributed by atoms with E-state index in [-0.39, 0.29) is 25.5 Å². The van der Waals surface area contributed by atoms with E-state index in [2.05, 4.69) is 0 Å². The summed E-state index contributed by atoms with van der Waals surface area (Å²) in [4.78, 5) is 13.8. The number of nitrogens with zero attached hydrogens (tertiary/aromatic N) is 2. The van der Waals surface area contributed by atoms with E-state index in [0.717, 1.165) is 5.56 Å². The van der Waals surface area contributed by atoms with Gasteiger partial charge in [0.2, 0.25) is 5.91 Å². The van der Waals surface area contributed by atoms with Crippen LogP contribution in [0.5, 0.6) is 0 Å². The van der Waals surface area contributed by atoms with Crippen molar-refractivity contribution in [3.05, 3.63) is 59.0 Å². The Morgan fingerprint density at radius 1 is 1.30 bits per heavy atom. The molecule has 0 saturated carbocycles. The molecule has 0 aliphatic heterocycles. The van der Waals surface area contributed by atoms with Gasteiger partial charge >= 0.3 is 0 Å². The second-order valence-corrected chi connectivity index (χ2v) is 5.29. The lowest BCUT2D eigenvalue weighted by Gasteiger charge is -2.20. The third-order valence-corrected chi connectivity index (χ3v) is 3.58. The summed E-state index contributed by atoms with van der Waals surface area (Å²) in [5.74, 6) is 0.478. The van der Waals surface area contributed by atoms with Gasteiger partial charge in [-0.05, 0) is 23.8 Å². The van der Waals surface area contributed by atoms with Gasteiger partial charge in [-0.3, -0.25) is 4.79 Å². The topological polar surface area (TPSA) is 66.5 Å². The zero-order chi connectivity index (χ0) is 16.5. The van der Waals surface area contributed by atoms with E-state index in [1.54, 1.807) is 29.4 Å². The van der Waals surface area contributed by atoms with Crippen LogP contribution in [0.25, 0.3) is 0 Å². The Morgan fingerprint density at radius 2 is 2.13 bits per heavy atom. The molecule has 23 heavy (non-hydrogen) atoms. The number of carbonyl (C=O) groups excluding carboxylic acids is 1. The largest absolute Gasteiger partial charge is 0.467 e. The predicted octanol–water partition coefficient (Wildman–Crippen LogP) is 3.39. The molecule has 0 radical (unpaired) electrons. The van der Waals surface area contributed by atoms with E-state index in [4.69, 9.17) is 26.0 Å². The molecule has 0 bridgehead atoms. The lowest BCUT2D eigenvalue weighted by molar-refractivity contribution is -0.137. The average molecular weight is 333 g/mol. The van der Waals surface area contributed by atoms with Crippen LogP contribution in [0, 0.1) is 11.3 Å². The number of hydrogen-bond donors (Lipinski definition) is 0. The van der Waals surface area contributed by atoms with Crippen LogP contribution >= 0.6 is 11.6 Å². The maximum Gasteiger partial charge on any atom is 0.249 e. The number of amides is 1. The highest BCUT2D eigenvalue weighted by Gasteiger charge is 2.15. The molecule has 0 unspecified atom stereocenters. The molecular formula is C17H17ClN2O3. The first-order valence-corrected chi connectivity index (χ1v) is 7.56. The van der Waals surface area contributed by atoms with Crippen molar-refractivity contribution in [2.75, 3.05) is 13.2 Å². The summed E-state index contributed by atoms with van der Waals surface area (Å²) >= 11 is 6.04. The maximum atomic E-state index is 12.3. The molecule has 120 valence electrons. The van der Waals surface area contributed by atoms with Crippen LogP contribution in [-0.2, 0) is 22.7 Å². The molecule has 1 aromatic carbocycles. The zero-order valence-corrected chi connectivity index (χ0v) is 13.3. The highest BCUT2D eigenvalue weighted by molar-refractivity contribution is 6.31. The summed E-state index contributed by atoms with van der Waals surface area (Å²) in [6.07, 6.45) is 1.81. The molecule has 0 fully saturated rings. The molecule has 1 amide bonds. The van der Waals surface area contributed by atoms with Crippen molar-refractivity contribution in [3.63, 3.8) is 0 Å². The van der Waals surface area contributed by atoms with Crippen LogP contribution in [-0.4, -0.2) is 24.0 Å². The van der Waals surface area contributed by atoms with Crippen LogP contribution in [0.3, 0.4) is 0 Å². The highest BCUT2D eigenvalue weighted by Crippen LogP contribution is 2.15. The van der Waals surface area contributed by atoms with Gasteiger partial charge in [-0.1, -0.05) is 29.8 Å². The lowest BCUT2D eigenvalue weighted by Crippen LogP contribution is -2.34. The van der Waals surface area contributed by atoms with E-state index < -0.39 is 0 Å². The van der Waals surface area contributed by atoms with Crippen LogP contribution in [0.4, 0.5) is 0 Å². The van der Waals surface area contributed by atoms with E-state index in [9.17, 15) is 4.79 Å². The molecule has 0 N–H and O–H groups in total. The number of rotatable bonds is 8. The minimum absolute atomic E-state index is 0.0721. The van der Waals surface area contributed by atoms with Gasteiger partial charge in [-0.15, -0.1) is 0 Å². The number of benzene rings is 1. The van der Waals surface area contributed by atoms with Gasteiger partial charge in [0.05, 0.1) is 31.9 Å². The Balaban J connectivity index is 1.87. The Labute approximate surface area is 140 Å². The van der Waals surface area contributed by atoms with Crippen molar-refractivity contribution >= 4 is 17.5 Å². The van der Waals surface area contributed by atoms with Crippen molar-refractivity contribution in [1.29, 1.82) is 5.26 Å². The molecule has 1 aromatic heterocycles. The minimum Gasteiger partial charge on any atom is -0.467 e.